The maximum atomic E-state index is 11.3. The third-order valence-electron chi connectivity index (χ3n) is 1.73. The van der Waals surface area contributed by atoms with Crippen LogP contribution in [0.15, 0.2) is 0 Å². The Bertz CT molecular complexity index is 141. The molecule has 0 N–H and O–H groups in total. The van der Waals surface area contributed by atoms with Gasteiger partial charge in [-0.1, -0.05) is 6.92 Å². The second-order valence-electron chi connectivity index (χ2n) is 3.54. The van der Waals surface area contributed by atoms with E-state index in [1.807, 2.05) is 20.8 Å². The summed E-state index contributed by atoms with van der Waals surface area (Å²) in [6.07, 6.45) is 1.51. The fourth-order valence-corrected chi connectivity index (χ4v) is 0.468. The SMILES string of the molecule is CCC(C)(C)C(=O)O[C-](C)C.[Nd]. The first-order valence-electron chi connectivity index (χ1n) is 3.92. The molecule has 0 amide bonds. The van der Waals surface area contributed by atoms with Crippen LogP contribution in [-0.4, -0.2) is 5.97 Å². The van der Waals surface area contributed by atoms with E-state index in [-0.39, 0.29) is 52.2 Å². The maximum absolute atomic E-state index is 11.3. The van der Waals surface area contributed by atoms with Crippen LogP contribution in [0.25, 0.3) is 0 Å². The van der Waals surface area contributed by atoms with Crippen LogP contribution in [-0.2, 0) is 9.53 Å². The first-order chi connectivity index (χ1) is 4.90. The fourth-order valence-electron chi connectivity index (χ4n) is 0.468. The molecule has 12 heavy (non-hydrogen) atoms. The van der Waals surface area contributed by atoms with E-state index in [2.05, 4.69) is 0 Å². The normalized spacial score (nSPS) is 10.8. The molecule has 0 aromatic carbocycles. The zero-order chi connectivity index (χ0) is 9.07. The van der Waals surface area contributed by atoms with Crippen molar-refractivity contribution < 1.29 is 50.4 Å². The molecule has 0 aromatic heterocycles. The minimum absolute atomic E-state index is 0. The van der Waals surface area contributed by atoms with E-state index in [9.17, 15) is 4.79 Å². The van der Waals surface area contributed by atoms with Gasteiger partial charge in [0.15, 0.2) is 0 Å². The Balaban J connectivity index is 0. The Morgan fingerprint density at radius 1 is 1.42 bits per heavy atom. The van der Waals surface area contributed by atoms with Crippen LogP contribution in [0.4, 0.5) is 0 Å². The van der Waals surface area contributed by atoms with Crippen molar-refractivity contribution in [2.24, 2.45) is 5.41 Å². The van der Waals surface area contributed by atoms with Gasteiger partial charge in [0.05, 0.1) is 5.41 Å². The molecule has 0 heterocycles. The van der Waals surface area contributed by atoms with E-state index in [1.165, 1.54) is 0 Å². The molecule has 0 unspecified atom stereocenters. The summed E-state index contributed by atoms with van der Waals surface area (Å²) in [5.41, 5.74) is -0.350. The summed E-state index contributed by atoms with van der Waals surface area (Å²) >= 11 is 0. The third-order valence-corrected chi connectivity index (χ3v) is 1.73. The van der Waals surface area contributed by atoms with Crippen molar-refractivity contribution in [1.29, 1.82) is 0 Å². The van der Waals surface area contributed by atoms with E-state index >= 15 is 0 Å². The van der Waals surface area contributed by atoms with Gasteiger partial charge in [0, 0.05) is 40.8 Å². The molecule has 0 spiro atoms. The molecule has 0 radical (unpaired) electrons. The van der Waals surface area contributed by atoms with Gasteiger partial charge in [0.1, 0.15) is 0 Å². The van der Waals surface area contributed by atoms with Crippen LogP contribution in [0.5, 0.6) is 0 Å². The van der Waals surface area contributed by atoms with Gasteiger partial charge in [-0.2, -0.15) is 13.8 Å². The van der Waals surface area contributed by atoms with Crippen molar-refractivity contribution in [2.45, 2.75) is 41.0 Å². The van der Waals surface area contributed by atoms with Gasteiger partial charge in [-0.3, -0.25) is 4.79 Å². The Labute approximate surface area is 108 Å². The molecule has 2 nitrogen and oxygen atoms in total. The minimum Gasteiger partial charge on any atom is -0.634 e. The van der Waals surface area contributed by atoms with Crippen molar-refractivity contribution in [1.82, 2.24) is 0 Å². The molecule has 0 saturated carbocycles. The molecule has 0 rings (SSSR count). The Morgan fingerprint density at radius 2 is 1.83 bits per heavy atom. The van der Waals surface area contributed by atoms with Gasteiger partial charge in [0.25, 0.3) is 5.97 Å². The Morgan fingerprint density at radius 3 is 2.08 bits per heavy atom. The third kappa shape index (κ3) is 5.46. The first-order valence-corrected chi connectivity index (χ1v) is 3.92. The van der Waals surface area contributed by atoms with Crippen molar-refractivity contribution in [3.63, 3.8) is 0 Å². The van der Waals surface area contributed by atoms with Crippen LogP contribution in [0.1, 0.15) is 41.0 Å². The van der Waals surface area contributed by atoms with Crippen molar-refractivity contribution >= 4 is 5.97 Å². The largest absolute Gasteiger partial charge is 0.634 e. The van der Waals surface area contributed by atoms with Crippen LogP contribution >= 0.6 is 0 Å². The number of esters is 1. The summed E-state index contributed by atoms with van der Waals surface area (Å²) < 4.78 is 4.98. The minimum atomic E-state index is -0.350. The van der Waals surface area contributed by atoms with E-state index < -0.39 is 0 Å². The number of rotatable bonds is 3. The molecule has 0 aliphatic rings. The van der Waals surface area contributed by atoms with Gasteiger partial charge in [-0.25, -0.2) is 0 Å². The number of carbonyl (C=O) groups excluding carboxylic acids is 1. The summed E-state index contributed by atoms with van der Waals surface area (Å²) in [5, 5.41) is 0. The molecule has 3 heteroatoms. The number of hydrogen-bond donors (Lipinski definition) is 0. The zero-order valence-electron chi connectivity index (χ0n) is 8.52. The molecule has 0 bridgehead atoms. The predicted octanol–water partition coefficient (Wildman–Crippen LogP) is 2.54. The molecule has 0 aromatic rings. The quantitative estimate of drug-likeness (QED) is 0.591. The topological polar surface area (TPSA) is 26.3 Å². The smallest absolute Gasteiger partial charge is 0.280 e. The number of carbonyl (C=O) groups is 1. The molecular weight excluding hydrogens is 284 g/mol. The molecule has 0 atom stereocenters. The van der Waals surface area contributed by atoms with Gasteiger partial charge < -0.3 is 4.74 Å². The average molecular weight is 301 g/mol. The van der Waals surface area contributed by atoms with Gasteiger partial charge >= 0.3 is 0 Å². The van der Waals surface area contributed by atoms with Gasteiger partial charge in [0.2, 0.25) is 0 Å². The summed E-state index contributed by atoms with van der Waals surface area (Å²) in [7, 11) is 0. The Hall–Kier alpha value is 0.821. The Kier molecular flexibility index (Phi) is 8.03. The molecular formula is C9H17NdO2-. The molecule has 0 aliphatic carbocycles. The zero-order valence-corrected chi connectivity index (χ0v) is 11.7. The second-order valence-corrected chi connectivity index (χ2v) is 3.54. The number of hydrogen-bond acceptors (Lipinski definition) is 2. The monoisotopic (exact) mass is 299 g/mol. The summed E-state index contributed by atoms with van der Waals surface area (Å²) in [5.74, 6) is -0.139. The molecule has 0 saturated heterocycles. The van der Waals surface area contributed by atoms with Crippen LogP contribution in [0, 0.1) is 52.4 Å². The van der Waals surface area contributed by atoms with E-state index in [0.29, 0.717) is 6.10 Å². The summed E-state index contributed by atoms with van der Waals surface area (Å²) in [6.45, 7) is 9.32. The molecule has 0 aliphatic heterocycles. The molecule has 0 fully saturated rings. The predicted molar refractivity (Wildman–Crippen MR) is 44.8 cm³/mol. The van der Waals surface area contributed by atoms with Crippen LogP contribution in [0.2, 0.25) is 0 Å². The standard InChI is InChI=1S/C9H17O2.Nd/c1-6-9(4,5)8(10)11-7(2)3;/h6H2,1-5H3;/q-1;. The first kappa shape index (κ1) is 15.3. The van der Waals surface area contributed by atoms with E-state index in [4.69, 9.17) is 4.74 Å². The summed E-state index contributed by atoms with van der Waals surface area (Å²) in [4.78, 5) is 11.3. The van der Waals surface area contributed by atoms with Crippen molar-refractivity contribution in [3.05, 3.63) is 6.10 Å². The molecule has 70 valence electrons. The number of ether oxygens (including phenoxy) is 1. The van der Waals surface area contributed by atoms with Crippen LogP contribution in [0.3, 0.4) is 0 Å². The van der Waals surface area contributed by atoms with E-state index in [0.717, 1.165) is 6.42 Å². The van der Waals surface area contributed by atoms with Crippen molar-refractivity contribution in [3.8, 4) is 0 Å². The fraction of sp³-hybridized carbons (Fsp3) is 0.778. The average Bonchev–Trinajstić information content (AvgIpc) is 1.86. The van der Waals surface area contributed by atoms with Gasteiger partial charge in [-0.15, -0.1) is 6.10 Å². The second kappa shape index (κ2) is 6.30. The van der Waals surface area contributed by atoms with E-state index in [1.54, 1.807) is 13.8 Å². The summed E-state index contributed by atoms with van der Waals surface area (Å²) in [6, 6.07) is 0. The van der Waals surface area contributed by atoms with Gasteiger partial charge in [-0.05, 0) is 20.3 Å². The van der Waals surface area contributed by atoms with Crippen LogP contribution < -0.4 is 0 Å². The maximum Gasteiger partial charge on any atom is 0.280 e. The van der Waals surface area contributed by atoms with Crippen molar-refractivity contribution in [2.75, 3.05) is 0 Å².